The molecular formula is C6H6O. The number of rotatable bonds is 0. The van der Waals surface area contributed by atoms with Gasteiger partial charge in [-0.15, -0.1) is 0 Å². The van der Waals surface area contributed by atoms with E-state index in [1.54, 1.807) is 12.2 Å². The van der Waals surface area contributed by atoms with Crippen LogP contribution in [0.2, 0.25) is 0 Å². The number of hydrogen-bond donors (Lipinski definition) is 0. The lowest BCUT2D eigenvalue weighted by Gasteiger charge is -1.72. The van der Waals surface area contributed by atoms with Crippen LogP contribution in [0, 0.1) is 0 Å². The van der Waals surface area contributed by atoms with Gasteiger partial charge in [-0.2, -0.15) is 0 Å². The van der Waals surface area contributed by atoms with E-state index in [0.29, 0.717) is 0 Å². The summed E-state index contributed by atoms with van der Waals surface area (Å²) in [5, 5.41) is 0. The maximum absolute atomic E-state index is 10.3. The fraction of sp³-hybridized carbons (Fsp3) is 0.167. The van der Waals surface area contributed by atoms with Gasteiger partial charge in [0, 0.05) is 0 Å². The Bertz CT molecular complexity index is 152. The lowest BCUT2D eigenvalue weighted by atomic mass is 10.3. The molecule has 0 heterocycles. The maximum Gasteiger partial charge on any atom is 0.178 e. The van der Waals surface area contributed by atoms with E-state index in [2.05, 4.69) is 0 Å². The lowest BCUT2D eigenvalue weighted by Crippen LogP contribution is -1.76. The molecule has 1 heteroatoms. The number of carbonyl (C=O) groups is 1. The van der Waals surface area contributed by atoms with Crippen molar-refractivity contribution in [1.29, 1.82) is 0 Å². The van der Waals surface area contributed by atoms with Crippen LogP contribution in [-0.4, -0.2) is 5.78 Å². The highest BCUT2D eigenvalue weighted by molar-refractivity contribution is 6.02. The van der Waals surface area contributed by atoms with Crippen molar-refractivity contribution in [3.63, 3.8) is 0 Å². The second-order valence-electron chi connectivity index (χ2n) is 1.62. The molecule has 0 radical (unpaired) electrons. The van der Waals surface area contributed by atoms with E-state index in [0.717, 1.165) is 5.57 Å². The summed E-state index contributed by atoms with van der Waals surface area (Å²) >= 11 is 0. The molecule has 0 bridgehead atoms. The molecule has 7 heavy (non-hydrogen) atoms. The molecule has 0 fully saturated rings. The van der Waals surface area contributed by atoms with Crippen LogP contribution in [-0.2, 0) is 4.79 Å². The number of carbonyl (C=O) groups excluding carboxylic acids is 1. The van der Waals surface area contributed by atoms with Crippen LogP contribution in [0.4, 0.5) is 0 Å². The van der Waals surface area contributed by atoms with E-state index in [1.807, 2.05) is 13.0 Å². The van der Waals surface area contributed by atoms with Crippen molar-refractivity contribution in [1.82, 2.24) is 0 Å². The van der Waals surface area contributed by atoms with Crippen LogP contribution in [0.1, 0.15) is 6.92 Å². The largest absolute Gasteiger partial charge is 0.290 e. The lowest BCUT2D eigenvalue weighted by molar-refractivity contribution is -0.110. The van der Waals surface area contributed by atoms with Crippen molar-refractivity contribution in [3.05, 3.63) is 23.8 Å². The third-order valence-corrected chi connectivity index (χ3v) is 0.880. The van der Waals surface area contributed by atoms with Crippen molar-refractivity contribution in [2.75, 3.05) is 0 Å². The summed E-state index contributed by atoms with van der Waals surface area (Å²) in [6, 6.07) is 0. The Morgan fingerprint density at radius 2 is 2.14 bits per heavy atom. The molecule has 0 aromatic heterocycles. The molecule has 36 valence electrons. The Kier molecular flexibility index (Phi) is 0.823. The third kappa shape index (κ3) is 0.769. The van der Waals surface area contributed by atoms with Gasteiger partial charge >= 0.3 is 0 Å². The average Bonchev–Trinajstić information content (AvgIpc) is 1.87. The zero-order chi connectivity index (χ0) is 5.28. The van der Waals surface area contributed by atoms with Gasteiger partial charge in [0.2, 0.25) is 0 Å². The van der Waals surface area contributed by atoms with Crippen LogP contribution in [0.5, 0.6) is 0 Å². The van der Waals surface area contributed by atoms with Crippen LogP contribution in [0.25, 0.3) is 0 Å². The minimum Gasteiger partial charge on any atom is -0.290 e. The van der Waals surface area contributed by atoms with E-state index >= 15 is 0 Å². The molecule has 0 atom stereocenters. The van der Waals surface area contributed by atoms with Gasteiger partial charge in [-0.1, -0.05) is 6.08 Å². The summed E-state index contributed by atoms with van der Waals surface area (Å²) in [6.07, 6.45) is 4.98. The monoisotopic (exact) mass is 94.0 g/mol. The van der Waals surface area contributed by atoms with Crippen molar-refractivity contribution in [3.8, 4) is 0 Å². The average molecular weight is 94.1 g/mol. The molecule has 1 nitrogen and oxygen atoms in total. The van der Waals surface area contributed by atoms with Gasteiger partial charge in [0.15, 0.2) is 5.78 Å². The third-order valence-electron chi connectivity index (χ3n) is 0.880. The smallest absolute Gasteiger partial charge is 0.178 e. The van der Waals surface area contributed by atoms with Gasteiger partial charge in [-0.25, -0.2) is 0 Å². The summed E-state index contributed by atoms with van der Waals surface area (Å²) in [5.74, 6) is 0.109. The Morgan fingerprint density at radius 3 is 2.29 bits per heavy atom. The SMILES string of the molecule is CC1=CC(=O)C=C1. The Balaban J connectivity index is 2.88. The number of hydrogen-bond acceptors (Lipinski definition) is 1. The summed E-state index contributed by atoms with van der Waals surface area (Å²) in [6.45, 7) is 1.90. The molecule has 1 aliphatic rings. The zero-order valence-electron chi connectivity index (χ0n) is 4.14. The fourth-order valence-electron chi connectivity index (χ4n) is 0.534. The summed E-state index contributed by atoms with van der Waals surface area (Å²) in [5.41, 5.74) is 1.05. The topological polar surface area (TPSA) is 17.1 Å². The molecule has 0 saturated carbocycles. The first-order valence-corrected chi connectivity index (χ1v) is 2.19. The van der Waals surface area contributed by atoms with Crippen LogP contribution >= 0.6 is 0 Å². The number of ketones is 1. The molecule has 0 aromatic carbocycles. The number of allylic oxidation sites excluding steroid dienone is 4. The Labute approximate surface area is 42.3 Å². The molecule has 0 spiro atoms. The fourth-order valence-corrected chi connectivity index (χ4v) is 0.534. The van der Waals surface area contributed by atoms with E-state index in [9.17, 15) is 4.79 Å². The Hall–Kier alpha value is -0.850. The molecule has 1 aliphatic carbocycles. The Morgan fingerprint density at radius 1 is 1.43 bits per heavy atom. The molecule has 0 N–H and O–H groups in total. The summed E-state index contributed by atoms with van der Waals surface area (Å²) in [4.78, 5) is 10.3. The molecule has 0 aromatic rings. The molecule has 0 amide bonds. The first-order valence-electron chi connectivity index (χ1n) is 2.19. The van der Waals surface area contributed by atoms with E-state index < -0.39 is 0 Å². The molecule has 1 rings (SSSR count). The van der Waals surface area contributed by atoms with Crippen molar-refractivity contribution >= 4 is 5.78 Å². The van der Waals surface area contributed by atoms with E-state index in [4.69, 9.17) is 0 Å². The summed E-state index contributed by atoms with van der Waals surface area (Å²) < 4.78 is 0. The van der Waals surface area contributed by atoms with Gasteiger partial charge in [-0.05, 0) is 24.6 Å². The van der Waals surface area contributed by atoms with Crippen LogP contribution in [0.15, 0.2) is 23.8 Å². The van der Waals surface area contributed by atoms with Crippen LogP contribution in [0.3, 0.4) is 0 Å². The second kappa shape index (κ2) is 1.34. The first kappa shape index (κ1) is 4.31. The maximum atomic E-state index is 10.3. The van der Waals surface area contributed by atoms with E-state index in [1.165, 1.54) is 0 Å². The van der Waals surface area contributed by atoms with E-state index in [-0.39, 0.29) is 5.78 Å². The van der Waals surface area contributed by atoms with Gasteiger partial charge < -0.3 is 0 Å². The summed E-state index contributed by atoms with van der Waals surface area (Å²) in [7, 11) is 0. The van der Waals surface area contributed by atoms with Crippen molar-refractivity contribution < 1.29 is 4.79 Å². The van der Waals surface area contributed by atoms with Crippen LogP contribution < -0.4 is 0 Å². The normalized spacial score (nSPS) is 17.9. The van der Waals surface area contributed by atoms with Gasteiger partial charge in [-0.3, -0.25) is 4.79 Å². The molecule has 0 aliphatic heterocycles. The highest BCUT2D eigenvalue weighted by atomic mass is 16.1. The quantitative estimate of drug-likeness (QED) is 0.439. The molecule has 0 unspecified atom stereocenters. The van der Waals surface area contributed by atoms with Gasteiger partial charge in [0.25, 0.3) is 0 Å². The van der Waals surface area contributed by atoms with Crippen molar-refractivity contribution in [2.24, 2.45) is 0 Å². The second-order valence-corrected chi connectivity index (χ2v) is 1.62. The highest BCUT2D eigenvalue weighted by Gasteiger charge is 1.96. The first-order chi connectivity index (χ1) is 3.29. The molecule has 0 saturated heterocycles. The van der Waals surface area contributed by atoms with Gasteiger partial charge in [0.1, 0.15) is 0 Å². The molecular weight excluding hydrogens is 88.1 g/mol. The predicted octanol–water partition coefficient (Wildman–Crippen LogP) is 1.07. The van der Waals surface area contributed by atoms with Crippen molar-refractivity contribution in [2.45, 2.75) is 6.92 Å². The minimum atomic E-state index is 0.109. The minimum absolute atomic E-state index is 0.109. The highest BCUT2D eigenvalue weighted by Crippen LogP contribution is 2.02. The standard InChI is InChI=1S/C6H6O/c1-5-2-3-6(7)4-5/h2-4H,1H3. The van der Waals surface area contributed by atoms with Gasteiger partial charge in [0.05, 0.1) is 0 Å². The zero-order valence-corrected chi connectivity index (χ0v) is 4.14. The predicted molar refractivity (Wildman–Crippen MR) is 27.9 cm³/mol.